The molecule has 0 atom stereocenters. The molecule has 0 aliphatic carbocycles. The van der Waals surface area contributed by atoms with Crippen molar-refractivity contribution in [3.8, 4) is 11.1 Å². The summed E-state index contributed by atoms with van der Waals surface area (Å²) in [5, 5.41) is 6.55. The van der Waals surface area contributed by atoms with Crippen LogP contribution in [-0.2, 0) is 9.59 Å². The summed E-state index contributed by atoms with van der Waals surface area (Å²) >= 11 is 0. The first-order chi connectivity index (χ1) is 18.4. The predicted octanol–water partition coefficient (Wildman–Crippen LogP) is 5.81. The molecule has 190 valence electrons. The number of anilines is 3. The Kier molecular flexibility index (Phi) is 7.07. The van der Waals surface area contributed by atoms with Crippen molar-refractivity contribution in [3.63, 3.8) is 0 Å². The van der Waals surface area contributed by atoms with Crippen LogP contribution in [-0.4, -0.2) is 44.4 Å². The number of hydrogen-bond donors (Lipinski definition) is 2. The van der Waals surface area contributed by atoms with Gasteiger partial charge >= 0.3 is 0 Å². The van der Waals surface area contributed by atoms with Crippen molar-refractivity contribution in [1.82, 2.24) is 4.90 Å². The van der Waals surface area contributed by atoms with Gasteiger partial charge in [0.15, 0.2) is 0 Å². The third kappa shape index (κ3) is 5.21. The first-order valence-corrected chi connectivity index (χ1v) is 12.5. The molecule has 0 aromatic heterocycles. The fraction of sp³-hybridized carbons (Fsp3) is 0.125. The van der Waals surface area contributed by atoms with Crippen molar-refractivity contribution in [2.45, 2.75) is 0 Å². The highest BCUT2D eigenvalue weighted by Gasteiger charge is 2.29. The number of hydrogen-bond acceptors (Lipinski definition) is 4. The van der Waals surface area contributed by atoms with Gasteiger partial charge < -0.3 is 20.4 Å². The summed E-state index contributed by atoms with van der Waals surface area (Å²) in [6.07, 6.45) is 0. The van der Waals surface area contributed by atoms with Gasteiger partial charge in [-0.05, 0) is 61.1 Å². The highest BCUT2D eigenvalue weighted by Crippen LogP contribution is 2.39. The van der Waals surface area contributed by atoms with Crippen LogP contribution in [0.3, 0.4) is 0 Å². The van der Waals surface area contributed by atoms with Crippen molar-refractivity contribution in [2.24, 2.45) is 0 Å². The molecule has 0 bridgehead atoms. The molecular formula is C32H30N4O2. The van der Waals surface area contributed by atoms with E-state index in [1.807, 2.05) is 110 Å². The minimum absolute atomic E-state index is 0.0110. The van der Waals surface area contributed by atoms with Crippen LogP contribution in [0, 0.1) is 0 Å². The molecule has 1 heterocycles. The third-order valence-corrected chi connectivity index (χ3v) is 6.53. The van der Waals surface area contributed by atoms with Gasteiger partial charge in [0.25, 0.3) is 5.91 Å². The Morgan fingerprint density at radius 2 is 1.45 bits per heavy atom. The van der Waals surface area contributed by atoms with Crippen molar-refractivity contribution >= 4 is 40.1 Å². The second kappa shape index (κ2) is 10.7. The van der Waals surface area contributed by atoms with Crippen molar-refractivity contribution in [2.75, 3.05) is 43.2 Å². The predicted molar refractivity (Wildman–Crippen MR) is 156 cm³/mol. The van der Waals surface area contributed by atoms with Crippen LogP contribution in [0.15, 0.2) is 103 Å². The van der Waals surface area contributed by atoms with E-state index in [1.165, 1.54) is 0 Å². The Hall–Kier alpha value is -4.68. The van der Waals surface area contributed by atoms with Gasteiger partial charge in [-0.2, -0.15) is 0 Å². The molecule has 5 rings (SSSR count). The lowest BCUT2D eigenvalue weighted by molar-refractivity contribution is -0.119. The second-order valence-electron chi connectivity index (χ2n) is 9.56. The van der Waals surface area contributed by atoms with Crippen molar-refractivity contribution < 1.29 is 9.59 Å². The SMILES string of the molecule is CN(C)CC(=O)N(C)c1ccc(N/C(=C2\C(=O)Nc3cc(-c4ccccc4)ccc32)c2ccccc2)cc1. The molecule has 4 aromatic rings. The van der Waals surface area contributed by atoms with E-state index < -0.39 is 0 Å². The number of carbonyl (C=O) groups is 2. The molecular weight excluding hydrogens is 472 g/mol. The molecule has 0 radical (unpaired) electrons. The normalized spacial score (nSPS) is 13.6. The van der Waals surface area contributed by atoms with Gasteiger partial charge in [0.2, 0.25) is 5.91 Å². The lowest BCUT2D eigenvalue weighted by Gasteiger charge is -2.20. The number of amides is 2. The molecule has 4 aromatic carbocycles. The number of benzene rings is 4. The van der Waals surface area contributed by atoms with Gasteiger partial charge in [-0.15, -0.1) is 0 Å². The van der Waals surface area contributed by atoms with E-state index in [2.05, 4.69) is 22.8 Å². The largest absolute Gasteiger partial charge is 0.354 e. The Morgan fingerprint density at radius 1 is 0.789 bits per heavy atom. The minimum Gasteiger partial charge on any atom is -0.354 e. The van der Waals surface area contributed by atoms with Crippen LogP contribution < -0.4 is 15.5 Å². The summed E-state index contributed by atoms with van der Waals surface area (Å²) in [5.41, 5.74) is 7.61. The molecule has 0 spiro atoms. The van der Waals surface area contributed by atoms with E-state index in [-0.39, 0.29) is 11.8 Å². The highest BCUT2D eigenvalue weighted by atomic mass is 16.2. The first kappa shape index (κ1) is 25.0. The molecule has 38 heavy (non-hydrogen) atoms. The van der Waals surface area contributed by atoms with E-state index in [0.29, 0.717) is 12.1 Å². The van der Waals surface area contributed by atoms with Gasteiger partial charge in [-0.3, -0.25) is 9.59 Å². The molecule has 1 aliphatic heterocycles. The lowest BCUT2D eigenvalue weighted by atomic mass is 9.97. The first-order valence-electron chi connectivity index (χ1n) is 12.5. The van der Waals surface area contributed by atoms with E-state index >= 15 is 0 Å². The van der Waals surface area contributed by atoms with E-state index in [1.54, 1.807) is 11.9 Å². The maximum Gasteiger partial charge on any atom is 0.258 e. The summed E-state index contributed by atoms with van der Waals surface area (Å²) in [4.78, 5) is 29.3. The molecule has 0 unspecified atom stereocenters. The number of likely N-dealkylation sites (N-methyl/N-ethyl adjacent to an activating group) is 2. The van der Waals surface area contributed by atoms with E-state index in [0.717, 1.165) is 45.0 Å². The number of rotatable bonds is 7. The van der Waals surface area contributed by atoms with Gasteiger partial charge in [-0.1, -0.05) is 72.8 Å². The quantitative estimate of drug-likeness (QED) is 0.313. The summed E-state index contributed by atoms with van der Waals surface area (Å²) in [7, 11) is 5.52. The second-order valence-corrected chi connectivity index (χ2v) is 9.56. The summed E-state index contributed by atoms with van der Waals surface area (Å²) < 4.78 is 0. The van der Waals surface area contributed by atoms with Gasteiger partial charge in [0, 0.05) is 29.7 Å². The summed E-state index contributed by atoms with van der Waals surface area (Å²) in [6.45, 7) is 0.335. The fourth-order valence-electron chi connectivity index (χ4n) is 4.55. The molecule has 0 fully saturated rings. The smallest absolute Gasteiger partial charge is 0.258 e. The van der Waals surface area contributed by atoms with Crippen LogP contribution in [0.1, 0.15) is 11.1 Å². The molecule has 6 heteroatoms. The number of carbonyl (C=O) groups excluding carboxylic acids is 2. The van der Waals surface area contributed by atoms with Crippen LogP contribution in [0.2, 0.25) is 0 Å². The molecule has 0 saturated carbocycles. The summed E-state index contributed by atoms with van der Waals surface area (Å²) in [5.74, 6) is -0.140. The van der Waals surface area contributed by atoms with Gasteiger partial charge in [0.05, 0.1) is 17.8 Å². The molecule has 0 saturated heterocycles. The Labute approximate surface area is 223 Å². The van der Waals surface area contributed by atoms with E-state index in [4.69, 9.17) is 0 Å². The molecule has 1 aliphatic rings. The van der Waals surface area contributed by atoms with Gasteiger partial charge in [0.1, 0.15) is 0 Å². The third-order valence-electron chi connectivity index (χ3n) is 6.53. The maximum atomic E-state index is 13.3. The van der Waals surface area contributed by atoms with Crippen LogP contribution in [0.25, 0.3) is 22.4 Å². The Bertz CT molecular complexity index is 1490. The van der Waals surface area contributed by atoms with Gasteiger partial charge in [-0.25, -0.2) is 0 Å². The number of fused-ring (bicyclic) bond motifs is 1. The number of nitrogens with one attached hydrogen (secondary N) is 2. The van der Waals surface area contributed by atoms with Crippen molar-refractivity contribution in [3.05, 3.63) is 114 Å². The van der Waals surface area contributed by atoms with Crippen LogP contribution in [0.5, 0.6) is 0 Å². The van der Waals surface area contributed by atoms with Crippen LogP contribution in [0.4, 0.5) is 17.1 Å². The average Bonchev–Trinajstić information content (AvgIpc) is 3.27. The topological polar surface area (TPSA) is 64.7 Å². The Balaban J connectivity index is 1.51. The highest BCUT2D eigenvalue weighted by molar-refractivity contribution is 6.37. The zero-order valence-corrected chi connectivity index (χ0v) is 21.7. The van der Waals surface area contributed by atoms with E-state index in [9.17, 15) is 9.59 Å². The summed E-state index contributed by atoms with van der Waals surface area (Å²) in [6, 6.07) is 33.7. The van der Waals surface area contributed by atoms with Crippen molar-refractivity contribution in [1.29, 1.82) is 0 Å². The monoisotopic (exact) mass is 502 g/mol. The van der Waals surface area contributed by atoms with Crippen LogP contribution >= 0.6 is 0 Å². The Morgan fingerprint density at radius 3 is 2.11 bits per heavy atom. The number of nitrogens with zero attached hydrogens (tertiary/aromatic N) is 2. The lowest BCUT2D eigenvalue weighted by Crippen LogP contribution is -2.34. The zero-order chi connectivity index (χ0) is 26.6. The molecule has 6 nitrogen and oxygen atoms in total. The standard InChI is InChI=1S/C32H30N4O2/c1-35(2)21-29(37)36(3)26-17-15-25(16-18-26)33-31(23-12-8-5-9-13-23)30-27-19-14-24(20-28(27)34-32(30)38)22-10-6-4-7-11-22/h4-20,33H,21H2,1-3H3,(H,34,38)/b31-30-. The maximum absolute atomic E-state index is 13.3. The average molecular weight is 503 g/mol. The zero-order valence-electron chi connectivity index (χ0n) is 21.7. The minimum atomic E-state index is -0.151. The molecule has 2 amide bonds. The fourth-order valence-corrected chi connectivity index (χ4v) is 4.55. The molecule has 2 N–H and O–H groups in total.